The van der Waals surface area contributed by atoms with Crippen molar-refractivity contribution in [3.05, 3.63) is 89.2 Å². The minimum absolute atomic E-state index is 0.148. The van der Waals surface area contributed by atoms with Crippen LogP contribution in [0.5, 0.6) is 5.75 Å². The van der Waals surface area contributed by atoms with Gasteiger partial charge in [-0.2, -0.15) is 0 Å². The van der Waals surface area contributed by atoms with Crippen LogP contribution in [0.25, 0.3) is 0 Å². The maximum absolute atomic E-state index is 13.9. The van der Waals surface area contributed by atoms with E-state index in [9.17, 15) is 9.18 Å². The van der Waals surface area contributed by atoms with Crippen LogP contribution in [0.2, 0.25) is 0 Å². The van der Waals surface area contributed by atoms with Crippen LogP contribution in [0.1, 0.15) is 21.5 Å². The summed E-state index contributed by atoms with van der Waals surface area (Å²) >= 11 is 5.33. The van der Waals surface area contributed by atoms with Crippen molar-refractivity contribution >= 4 is 34.6 Å². The minimum Gasteiger partial charge on any atom is -0.496 e. The maximum Gasteiger partial charge on any atom is 0.261 e. The Kier molecular flexibility index (Phi) is 7.94. The molecule has 6 nitrogen and oxygen atoms in total. The molecule has 0 atom stereocenters. The Hall–Kier alpha value is -3.49. The fourth-order valence-corrected chi connectivity index (χ4v) is 4.43. The van der Waals surface area contributed by atoms with Crippen LogP contribution >= 0.6 is 12.2 Å². The topological polar surface area (TPSA) is 56.8 Å². The number of anilines is 2. The number of halogens is 1. The third kappa shape index (κ3) is 6.15. The number of hydrogen-bond acceptors (Lipinski definition) is 5. The summed E-state index contributed by atoms with van der Waals surface area (Å²) in [5, 5.41) is 5.99. The number of nitrogens with one attached hydrogen (secondary N) is 2. The van der Waals surface area contributed by atoms with Crippen LogP contribution < -0.4 is 20.3 Å². The van der Waals surface area contributed by atoms with Crippen molar-refractivity contribution in [3.63, 3.8) is 0 Å². The predicted molar refractivity (Wildman–Crippen MR) is 142 cm³/mol. The number of hydrogen-bond donors (Lipinski definition) is 2. The highest BCUT2D eigenvalue weighted by atomic mass is 32.1. The Morgan fingerprint density at radius 2 is 1.71 bits per heavy atom. The third-order valence-electron chi connectivity index (χ3n) is 6.10. The molecule has 0 spiro atoms. The first kappa shape index (κ1) is 24.6. The molecule has 8 heteroatoms. The molecule has 0 aromatic heterocycles. The minimum atomic E-state index is -0.326. The van der Waals surface area contributed by atoms with Gasteiger partial charge in [-0.3, -0.25) is 15.0 Å². The normalized spacial score (nSPS) is 13.9. The predicted octanol–water partition coefficient (Wildman–Crippen LogP) is 4.59. The molecule has 0 bridgehead atoms. The molecular formula is C27H29FN4O2S. The zero-order valence-corrected chi connectivity index (χ0v) is 20.7. The van der Waals surface area contributed by atoms with Gasteiger partial charge in [0.1, 0.15) is 11.6 Å². The lowest BCUT2D eigenvalue weighted by Gasteiger charge is -2.36. The lowest BCUT2D eigenvalue weighted by atomic mass is 10.1. The van der Waals surface area contributed by atoms with Crippen molar-refractivity contribution in [2.75, 3.05) is 43.5 Å². The summed E-state index contributed by atoms with van der Waals surface area (Å²) in [4.78, 5) is 17.2. The Bertz CT molecular complexity index is 1190. The Labute approximate surface area is 210 Å². The molecule has 35 heavy (non-hydrogen) atoms. The van der Waals surface area contributed by atoms with Gasteiger partial charge in [0.15, 0.2) is 5.11 Å². The van der Waals surface area contributed by atoms with Gasteiger partial charge in [-0.15, -0.1) is 0 Å². The monoisotopic (exact) mass is 492 g/mol. The lowest BCUT2D eigenvalue weighted by molar-refractivity contribution is 0.0974. The van der Waals surface area contributed by atoms with E-state index in [4.69, 9.17) is 17.0 Å². The summed E-state index contributed by atoms with van der Waals surface area (Å²) in [5.41, 5.74) is 3.94. The van der Waals surface area contributed by atoms with Gasteiger partial charge in [0, 0.05) is 49.7 Å². The molecule has 1 aliphatic rings. The van der Waals surface area contributed by atoms with Gasteiger partial charge < -0.3 is 15.0 Å². The number of aryl methyl sites for hydroxylation is 1. The van der Waals surface area contributed by atoms with Crippen LogP contribution in [0.4, 0.5) is 15.8 Å². The van der Waals surface area contributed by atoms with E-state index >= 15 is 0 Å². The number of carbonyl (C=O) groups is 1. The van der Waals surface area contributed by atoms with E-state index < -0.39 is 0 Å². The first-order valence-corrected chi connectivity index (χ1v) is 11.9. The second-order valence-electron chi connectivity index (χ2n) is 8.47. The van der Waals surface area contributed by atoms with Gasteiger partial charge in [0.25, 0.3) is 5.91 Å². The number of amides is 1. The smallest absolute Gasteiger partial charge is 0.261 e. The number of rotatable bonds is 6. The second kappa shape index (κ2) is 11.3. The fraction of sp³-hybridized carbons (Fsp3) is 0.259. The van der Waals surface area contributed by atoms with Crippen LogP contribution in [-0.4, -0.2) is 49.2 Å². The van der Waals surface area contributed by atoms with Crippen molar-refractivity contribution in [3.8, 4) is 5.75 Å². The van der Waals surface area contributed by atoms with Gasteiger partial charge in [-0.1, -0.05) is 30.3 Å². The summed E-state index contributed by atoms with van der Waals surface area (Å²) in [7, 11) is 1.54. The van der Waals surface area contributed by atoms with Crippen molar-refractivity contribution < 1.29 is 13.9 Å². The molecule has 1 saturated heterocycles. The fourth-order valence-electron chi connectivity index (χ4n) is 4.22. The average molecular weight is 493 g/mol. The van der Waals surface area contributed by atoms with Crippen molar-refractivity contribution in [2.24, 2.45) is 0 Å². The van der Waals surface area contributed by atoms with Gasteiger partial charge >= 0.3 is 0 Å². The van der Waals surface area contributed by atoms with Gasteiger partial charge in [0.2, 0.25) is 0 Å². The number of ether oxygens (including phenoxy) is 1. The molecule has 1 heterocycles. The number of methoxy groups -OCH3 is 1. The van der Waals surface area contributed by atoms with Crippen LogP contribution in [-0.2, 0) is 6.54 Å². The Balaban J connectivity index is 1.28. The standard InChI is InChI=1S/C27H29FN4O2S/c1-19-6-5-8-23(25(19)34-2)26(33)30-27(35)29-21-10-12-22(13-11-21)32-16-14-31(15-17-32)18-20-7-3-4-9-24(20)28/h3-13H,14-18H2,1-2H3,(H2,29,30,33,35). The lowest BCUT2D eigenvalue weighted by Crippen LogP contribution is -2.46. The zero-order chi connectivity index (χ0) is 24.8. The Morgan fingerprint density at radius 3 is 2.40 bits per heavy atom. The van der Waals surface area contributed by atoms with E-state index in [-0.39, 0.29) is 16.8 Å². The van der Waals surface area contributed by atoms with Gasteiger partial charge in [-0.05, 0) is 61.1 Å². The summed E-state index contributed by atoms with van der Waals surface area (Å²) in [6, 6.07) is 20.3. The molecule has 3 aromatic rings. The van der Waals surface area contributed by atoms with Crippen molar-refractivity contribution in [2.45, 2.75) is 13.5 Å². The summed E-state index contributed by atoms with van der Waals surface area (Å²) in [5.74, 6) is 0.0595. The molecule has 3 aromatic carbocycles. The average Bonchev–Trinajstić information content (AvgIpc) is 2.86. The van der Waals surface area contributed by atoms with Crippen LogP contribution in [0.3, 0.4) is 0 Å². The van der Waals surface area contributed by atoms with E-state index in [0.717, 1.165) is 48.7 Å². The van der Waals surface area contributed by atoms with Crippen LogP contribution in [0, 0.1) is 12.7 Å². The molecule has 1 fully saturated rings. The van der Waals surface area contributed by atoms with E-state index in [1.54, 1.807) is 19.2 Å². The molecule has 2 N–H and O–H groups in total. The number of benzene rings is 3. The zero-order valence-electron chi connectivity index (χ0n) is 19.9. The summed E-state index contributed by atoms with van der Waals surface area (Å²) < 4.78 is 19.3. The molecule has 0 unspecified atom stereocenters. The van der Waals surface area contributed by atoms with Crippen LogP contribution in [0.15, 0.2) is 66.7 Å². The van der Waals surface area contributed by atoms with E-state index in [1.807, 2.05) is 55.5 Å². The molecular weight excluding hydrogens is 463 g/mol. The third-order valence-corrected chi connectivity index (χ3v) is 6.31. The molecule has 1 aliphatic heterocycles. The highest BCUT2D eigenvalue weighted by Gasteiger charge is 2.19. The number of para-hydroxylation sites is 1. The number of thiocarbonyl (C=S) groups is 1. The van der Waals surface area contributed by atoms with E-state index in [0.29, 0.717) is 17.9 Å². The SMILES string of the molecule is COc1c(C)cccc1C(=O)NC(=S)Nc1ccc(N2CCN(Cc3ccccc3F)CC2)cc1. The van der Waals surface area contributed by atoms with Gasteiger partial charge in [-0.25, -0.2) is 4.39 Å². The highest BCUT2D eigenvalue weighted by molar-refractivity contribution is 7.80. The molecule has 0 radical (unpaired) electrons. The molecule has 0 aliphatic carbocycles. The molecule has 1 amide bonds. The van der Waals surface area contributed by atoms with Crippen molar-refractivity contribution in [1.29, 1.82) is 0 Å². The van der Waals surface area contributed by atoms with E-state index in [2.05, 4.69) is 20.4 Å². The number of nitrogens with zero attached hydrogens (tertiary/aromatic N) is 2. The Morgan fingerprint density at radius 1 is 1.00 bits per heavy atom. The first-order valence-electron chi connectivity index (χ1n) is 11.5. The molecule has 0 saturated carbocycles. The first-order chi connectivity index (χ1) is 16.9. The molecule has 182 valence electrons. The van der Waals surface area contributed by atoms with E-state index in [1.165, 1.54) is 6.07 Å². The quantitative estimate of drug-likeness (QED) is 0.491. The van der Waals surface area contributed by atoms with Gasteiger partial charge in [0.05, 0.1) is 12.7 Å². The number of carbonyl (C=O) groups excluding carboxylic acids is 1. The summed E-state index contributed by atoms with van der Waals surface area (Å²) in [6.07, 6.45) is 0. The summed E-state index contributed by atoms with van der Waals surface area (Å²) in [6.45, 7) is 5.99. The highest BCUT2D eigenvalue weighted by Crippen LogP contribution is 2.23. The molecule has 4 rings (SSSR count). The largest absolute Gasteiger partial charge is 0.496 e. The number of piperazine rings is 1. The second-order valence-corrected chi connectivity index (χ2v) is 8.87. The maximum atomic E-state index is 13.9. The van der Waals surface area contributed by atoms with Crippen molar-refractivity contribution in [1.82, 2.24) is 10.2 Å².